The molecule has 0 radical (unpaired) electrons. The number of benzene rings is 2. The van der Waals surface area contributed by atoms with E-state index in [2.05, 4.69) is 70.3 Å². The van der Waals surface area contributed by atoms with Crippen LogP contribution in [0.1, 0.15) is 38.3 Å². The molecule has 0 bridgehead atoms. The summed E-state index contributed by atoms with van der Waals surface area (Å²) >= 11 is 1.34. The van der Waals surface area contributed by atoms with Gasteiger partial charge in [0.1, 0.15) is 5.52 Å². The zero-order valence-electron chi connectivity index (χ0n) is 18.3. The molecule has 0 aliphatic carbocycles. The Morgan fingerprint density at radius 3 is 2.71 bits per heavy atom. The summed E-state index contributed by atoms with van der Waals surface area (Å²) in [6, 6.07) is 16.8. The number of nitrogens with one attached hydrogen (secondary N) is 1. The van der Waals surface area contributed by atoms with Gasteiger partial charge in [-0.2, -0.15) is 0 Å². The van der Waals surface area contributed by atoms with Gasteiger partial charge in [0.25, 0.3) is 0 Å². The molecule has 0 saturated heterocycles. The maximum Gasteiger partial charge on any atom is 0.233 e. The Labute approximate surface area is 186 Å². The summed E-state index contributed by atoms with van der Waals surface area (Å²) in [6.07, 6.45) is 0.895. The van der Waals surface area contributed by atoms with Gasteiger partial charge in [-0.15, -0.1) is 10.2 Å². The van der Waals surface area contributed by atoms with E-state index in [9.17, 15) is 4.79 Å². The monoisotopic (exact) mass is 433 g/mol. The van der Waals surface area contributed by atoms with Crippen LogP contribution in [0.25, 0.3) is 22.1 Å². The molecule has 0 aliphatic rings. The van der Waals surface area contributed by atoms with E-state index in [1.54, 1.807) is 0 Å². The first-order valence-corrected chi connectivity index (χ1v) is 11.5. The van der Waals surface area contributed by atoms with Crippen molar-refractivity contribution in [2.45, 2.75) is 57.1 Å². The van der Waals surface area contributed by atoms with Crippen LogP contribution < -0.4 is 5.32 Å². The standard InChI is InChI=1S/C24H27N5OS/c1-5-16(3)25-23(30)17(4)31-24-26-22-21(27-28-24)19-11-6-7-12-20(19)29(22)14-18-10-8-9-15(2)13-18/h6-13,16-17H,5,14H2,1-4H3,(H,25,30). The predicted octanol–water partition coefficient (Wildman–Crippen LogP) is 4.73. The maximum atomic E-state index is 12.4. The average molecular weight is 434 g/mol. The molecule has 0 fully saturated rings. The lowest BCUT2D eigenvalue weighted by Gasteiger charge is -2.15. The van der Waals surface area contributed by atoms with Crippen molar-refractivity contribution in [2.24, 2.45) is 0 Å². The zero-order valence-corrected chi connectivity index (χ0v) is 19.1. The van der Waals surface area contributed by atoms with Crippen molar-refractivity contribution >= 4 is 39.7 Å². The number of para-hydroxylation sites is 1. The summed E-state index contributed by atoms with van der Waals surface area (Å²) in [5.41, 5.74) is 5.07. The molecule has 4 rings (SSSR count). The molecule has 1 N–H and O–H groups in total. The first-order chi connectivity index (χ1) is 15.0. The summed E-state index contributed by atoms with van der Waals surface area (Å²) in [5.74, 6) is -0.0108. The Morgan fingerprint density at radius 1 is 1.13 bits per heavy atom. The molecule has 7 heteroatoms. The minimum atomic E-state index is -0.303. The average Bonchev–Trinajstić information content (AvgIpc) is 3.07. The van der Waals surface area contributed by atoms with Crippen molar-refractivity contribution in [2.75, 3.05) is 0 Å². The smallest absolute Gasteiger partial charge is 0.233 e. The second kappa shape index (κ2) is 9.06. The number of fused-ring (bicyclic) bond motifs is 3. The summed E-state index contributed by atoms with van der Waals surface area (Å²) in [7, 11) is 0. The molecule has 2 heterocycles. The lowest BCUT2D eigenvalue weighted by Crippen LogP contribution is -2.37. The number of amides is 1. The van der Waals surface area contributed by atoms with Gasteiger partial charge in [-0.3, -0.25) is 4.79 Å². The topological polar surface area (TPSA) is 72.7 Å². The molecule has 2 aromatic heterocycles. The number of thioether (sulfide) groups is 1. The molecule has 4 aromatic rings. The summed E-state index contributed by atoms with van der Waals surface area (Å²) in [5, 5.41) is 13.1. The van der Waals surface area contributed by atoms with E-state index in [1.165, 1.54) is 22.9 Å². The summed E-state index contributed by atoms with van der Waals surface area (Å²) in [4.78, 5) is 17.3. The normalized spacial score (nSPS) is 13.4. The van der Waals surface area contributed by atoms with Gasteiger partial charge in [-0.05, 0) is 38.8 Å². The molecule has 0 aliphatic heterocycles. The first kappa shape index (κ1) is 21.3. The molecule has 31 heavy (non-hydrogen) atoms. The second-order valence-corrected chi connectivity index (χ2v) is 9.24. The number of rotatable bonds is 7. The van der Waals surface area contributed by atoms with E-state index in [1.807, 2.05) is 26.0 Å². The predicted molar refractivity (Wildman–Crippen MR) is 126 cm³/mol. The highest BCUT2D eigenvalue weighted by atomic mass is 32.2. The van der Waals surface area contributed by atoms with E-state index in [4.69, 9.17) is 4.98 Å². The zero-order chi connectivity index (χ0) is 22.0. The van der Waals surface area contributed by atoms with Gasteiger partial charge in [0.05, 0.1) is 10.8 Å². The van der Waals surface area contributed by atoms with E-state index in [0.717, 1.165) is 28.5 Å². The highest BCUT2D eigenvalue weighted by molar-refractivity contribution is 8.00. The minimum absolute atomic E-state index is 0.0108. The van der Waals surface area contributed by atoms with E-state index in [0.29, 0.717) is 11.7 Å². The minimum Gasteiger partial charge on any atom is -0.353 e. The quantitative estimate of drug-likeness (QED) is 0.427. The lowest BCUT2D eigenvalue weighted by atomic mass is 10.1. The largest absolute Gasteiger partial charge is 0.353 e. The second-order valence-electron chi connectivity index (χ2n) is 7.94. The van der Waals surface area contributed by atoms with Crippen LogP contribution in [0.5, 0.6) is 0 Å². The van der Waals surface area contributed by atoms with Gasteiger partial charge in [0, 0.05) is 18.0 Å². The van der Waals surface area contributed by atoms with Crippen molar-refractivity contribution < 1.29 is 4.79 Å². The van der Waals surface area contributed by atoms with Crippen LogP contribution in [0.2, 0.25) is 0 Å². The van der Waals surface area contributed by atoms with Crippen molar-refractivity contribution in [3.05, 3.63) is 59.7 Å². The summed E-state index contributed by atoms with van der Waals surface area (Å²) < 4.78 is 2.18. The molecular weight excluding hydrogens is 406 g/mol. The molecular formula is C24H27N5OS. The Balaban J connectivity index is 1.71. The van der Waals surface area contributed by atoms with Gasteiger partial charge in [-0.25, -0.2) is 4.98 Å². The lowest BCUT2D eigenvalue weighted by molar-refractivity contribution is -0.120. The van der Waals surface area contributed by atoms with Crippen LogP contribution >= 0.6 is 11.8 Å². The number of hydrogen-bond donors (Lipinski definition) is 1. The Hall–Kier alpha value is -2.93. The van der Waals surface area contributed by atoms with Crippen molar-refractivity contribution in [3.8, 4) is 0 Å². The van der Waals surface area contributed by atoms with E-state index < -0.39 is 0 Å². The van der Waals surface area contributed by atoms with Crippen LogP contribution in [-0.2, 0) is 11.3 Å². The fourth-order valence-corrected chi connectivity index (χ4v) is 4.28. The van der Waals surface area contributed by atoms with Crippen molar-refractivity contribution in [1.29, 1.82) is 0 Å². The number of aromatic nitrogens is 4. The molecule has 160 valence electrons. The third-order valence-electron chi connectivity index (χ3n) is 5.43. The van der Waals surface area contributed by atoms with Gasteiger partial charge in [0.2, 0.25) is 11.1 Å². The molecule has 2 atom stereocenters. The SMILES string of the molecule is CCC(C)NC(=O)C(C)Sc1nnc2c3ccccc3n(Cc3cccc(C)c3)c2n1. The van der Waals surface area contributed by atoms with Gasteiger partial charge >= 0.3 is 0 Å². The summed E-state index contributed by atoms with van der Waals surface area (Å²) in [6.45, 7) is 8.72. The number of carbonyl (C=O) groups is 1. The fraction of sp³-hybridized carbons (Fsp3) is 0.333. The van der Waals surface area contributed by atoms with Crippen molar-refractivity contribution in [3.63, 3.8) is 0 Å². The van der Waals surface area contributed by atoms with Crippen LogP contribution in [-0.4, -0.2) is 36.9 Å². The van der Waals surface area contributed by atoms with Gasteiger partial charge in [0.15, 0.2) is 5.65 Å². The molecule has 2 aromatic carbocycles. The van der Waals surface area contributed by atoms with E-state index >= 15 is 0 Å². The third-order valence-corrected chi connectivity index (χ3v) is 6.38. The Kier molecular flexibility index (Phi) is 6.23. The fourth-order valence-electron chi connectivity index (χ4n) is 3.57. The van der Waals surface area contributed by atoms with Gasteiger partial charge in [-0.1, -0.05) is 66.7 Å². The molecule has 6 nitrogen and oxygen atoms in total. The van der Waals surface area contributed by atoms with E-state index in [-0.39, 0.29) is 17.2 Å². The highest BCUT2D eigenvalue weighted by Crippen LogP contribution is 2.29. The molecule has 1 amide bonds. The van der Waals surface area contributed by atoms with Crippen LogP contribution in [0.4, 0.5) is 0 Å². The van der Waals surface area contributed by atoms with Gasteiger partial charge < -0.3 is 9.88 Å². The maximum absolute atomic E-state index is 12.4. The third kappa shape index (κ3) is 4.56. The molecule has 0 spiro atoms. The Morgan fingerprint density at radius 2 is 1.94 bits per heavy atom. The molecule has 2 unspecified atom stereocenters. The van der Waals surface area contributed by atoms with Crippen LogP contribution in [0.15, 0.2) is 53.7 Å². The number of nitrogens with zero attached hydrogens (tertiary/aromatic N) is 4. The van der Waals surface area contributed by atoms with Crippen LogP contribution in [0, 0.1) is 6.92 Å². The first-order valence-electron chi connectivity index (χ1n) is 10.6. The number of carbonyl (C=O) groups excluding carboxylic acids is 1. The highest BCUT2D eigenvalue weighted by Gasteiger charge is 2.20. The number of aryl methyl sites for hydroxylation is 1. The van der Waals surface area contributed by atoms with Crippen LogP contribution in [0.3, 0.4) is 0 Å². The number of hydrogen-bond acceptors (Lipinski definition) is 5. The molecule has 0 saturated carbocycles. The van der Waals surface area contributed by atoms with Crippen molar-refractivity contribution in [1.82, 2.24) is 25.1 Å². The Bertz CT molecular complexity index is 1240.